The van der Waals surface area contributed by atoms with Crippen LogP contribution in [0.5, 0.6) is 0 Å². The van der Waals surface area contributed by atoms with Gasteiger partial charge in [0.1, 0.15) is 12.1 Å². The Labute approximate surface area is 205 Å². The van der Waals surface area contributed by atoms with Crippen LogP contribution in [0.3, 0.4) is 0 Å². The molecule has 0 spiro atoms. The van der Waals surface area contributed by atoms with E-state index in [2.05, 4.69) is 21.1 Å². The molecule has 2 amide bonds. The van der Waals surface area contributed by atoms with E-state index in [0.717, 1.165) is 34.5 Å². The van der Waals surface area contributed by atoms with Gasteiger partial charge in [-0.2, -0.15) is 0 Å². The van der Waals surface area contributed by atoms with Crippen molar-refractivity contribution in [3.05, 3.63) is 65.1 Å². The van der Waals surface area contributed by atoms with E-state index in [9.17, 15) is 14.7 Å². The van der Waals surface area contributed by atoms with Crippen LogP contribution < -0.4 is 10.7 Å². The third kappa shape index (κ3) is 5.22. The van der Waals surface area contributed by atoms with Crippen molar-refractivity contribution in [1.82, 2.24) is 35.6 Å². The van der Waals surface area contributed by atoms with E-state index in [1.165, 1.54) is 4.68 Å². The van der Waals surface area contributed by atoms with Gasteiger partial charge >= 0.3 is 0 Å². The Morgan fingerprint density at radius 1 is 1.26 bits per heavy atom. The van der Waals surface area contributed by atoms with E-state index in [4.69, 9.17) is 0 Å². The fourth-order valence-corrected chi connectivity index (χ4v) is 4.50. The van der Waals surface area contributed by atoms with Crippen LogP contribution in [0.25, 0.3) is 5.70 Å². The predicted octanol–water partition coefficient (Wildman–Crippen LogP) is 1.68. The van der Waals surface area contributed by atoms with Gasteiger partial charge in [0.15, 0.2) is 0 Å². The predicted molar refractivity (Wildman–Crippen MR) is 131 cm³/mol. The molecule has 0 saturated carbocycles. The summed E-state index contributed by atoms with van der Waals surface area (Å²) in [6.07, 6.45) is 7.03. The van der Waals surface area contributed by atoms with Gasteiger partial charge in [0.25, 0.3) is 0 Å². The van der Waals surface area contributed by atoms with Gasteiger partial charge in [0.2, 0.25) is 11.8 Å². The van der Waals surface area contributed by atoms with E-state index in [1.54, 1.807) is 18.0 Å². The van der Waals surface area contributed by atoms with Crippen molar-refractivity contribution < 1.29 is 14.7 Å². The number of nitrogens with one attached hydrogen (secondary N) is 2. The van der Waals surface area contributed by atoms with Crippen molar-refractivity contribution in [2.75, 3.05) is 20.2 Å². The number of carbonyl (C=O) groups is 2. The number of nitrogens with zero attached hydrogens (tertiary/aromatic N) is 5. The van der Waals surface area contributed by atoms with Crippen LogP contribution in [0, 0.1) is 6.92 Å². The highest BCUT2D eigenvalue weighted by Crippen LogP contribution is 2.25. The Balaban J connectivity index is 1.44. The molecule has 35 heavy (non-hydrogen) atoms. The molecule has 1 aromatic heterocycles. The average molecular weight is 480 g/mol. The molecule has 2 aliphatic rings. The van der Waals surface area contributed by atoms with Gasteiger partial charge in [0.05, 0.1) is 24.0 Å². The van der Waals surface area contributed by atoms with Crippen LogP contribution >= 0.6 is 0 Å². The van der Waals surface area contributed by atoms with Crippen LogP contribution in [-0.2, 0) is 9.59 Å². The van der Waals surface area contributed by atoms with Crippen LogP contribution in [0.15, 0.2) is 48.3 Å². The molecule has 0 aliphatic carbocycles. The van der Waals surface area contributed by atoms with Gasteiger partial charge in [-0.15, -0.1) is 5.10 Å². The SMILES string of the molecule is CC1=C(c2ccc([C@H](CO)NC(=O)[C@@H]3CCCN3C(=O)[C@H](C)n3cc(C)nn3)cc2)NN(C)C=C1. The first-order valence-corrected chi connectivity index (χ1v) is 11.9. The first-order chi connectivity index (χ1) is 16.8. The molecule has 3 heterocycles. The summed E-state index contributed by atoms with van der Waals surface area (Å²) in [7, 11) is 1.93. The van der Waals surface area contributed by atoms with E-state index < -0.39 is 18.1 Å². The number of likely N-dealkylation sites (tertiary alicyclic amines) is 1. The molecule has 10 heteroatoms. The smallest absolute Gasteiger partial charge is 0.247 e. The van der Waals surface area contributed by atoms with Gasteiger partial charge in [-0.05, 0) is 56.4 Å². The summed E-state index contributed by atoms with van der Waals surface area (Å²) in [5.74, 6) is -0.430. The summed E-state index contributed by atoms with van der Waals surface area (Å²) in [4.78, 5) is 27.9. The highest BCUT2D eigenvalue weighted by atomic mass is 16.3. The fourth-order valence-electron chi connectivity index (χ4n) is 4.50. The summed E-state index contributed by atoms with van der Waals surface area (Å²) in [6.45, 7) is 5.88. The number of aromatic nitrogens is 3. The van der Waals surface area contributed by atoms with E-state index in [1.807, 2.05) is 62.4 Å². The highest BCUT2D eigenvalue weighted by molar-refractivity contribution is 5.89. The number of aryl methyl sites for hydroxylation is 1. The summed E-state index contributed by atoms with van der Waals surface area (Å²) < 4.78 is 1.52. The van der Waals surface area contributed by atoms with Crippen LogP contribution in [0.4, 0.5) is 0 Å². The van der Waals surface area contributed by atoms with Crippen LogP contribution in [0.2, 0.25) is 0 Å². The maximum absolute atomic E-state index is 13.2. The Morgan fingerprint density at radius 3 is 2.66 bits per heavy atom. The average Bonchev–Trinajstić information content (AvgIpc) is 3.52. The maximum Gasteiger partial charge on any atom is 0.247 e. The largest absolute Gasteiger partial charge is 0.394 e. The lowest BCUT2D eigenvalue weighted by Gasteiger charge is -2.28. The van der Waals surface area contributed by atoms with Crippen molar-refractivity contribution in [3.8, 4) is 0 Å². The van der Waals surface area contributed by atoms with Crippen molar-refractivity contribution in [1.29, 1.82) is 0 Å². The number of aliphatic hydroxyl groups is 1. The molecule has 2 aromatic rings. The lowest BCUT2D eigenvalue weighted by Crippen LogP contribution is -2.49. The Kier molecular flexibility index (Phi) is 7.20. The number of allylic oxidation sites excluding steroid dienone is 2. The maximum atomic E-state index is 13.2. The molecule has 4 rings (SSSR count). The molecule has 3 N–H and O–H groups in total. The van der Waals surface area contributed by atoms with E-state index in [-0.39, 0.29) is 18.4 Å². The summed E-state index contributed by atoms with van der Waals surface area (Å²) in [6, 6.07) is 6.05. The van der Waals surface area contributed by atoms with E-state index in [0.29, 0.717) is 13.0 Å². The third-order valence-corrected chi connectivity index (χ3v) is 6.55. The molecule has 0 bridgehead atoms. The topological polar surface area (TPSA) is 116 Å². The van der Waals surface area contributed by atoms with Crippen LogP contribution in [-0.4, -0.2) is 68.1 Å². The second-order valence-electron chi connectivity index (χ2n) is 9.17. The number of carbonyl (C=O) groups excluding carboxylic acids is 2. The zero-order valence-electron chi connectivity index (χ0n) is 20.6. The zero-order chi connectivity index (χ0) is 25.1. The number of hydrogen-bond acceptors (Lipinski definition) is 7. The molecular formula is C25H33N7O3. The molecule has 0 unspecified atom stereocenters. The van der Waals surface area contributed by atoms with E-state index >= 15 is 0 Å². The van der Waals surface area contributed by atoms with Crippen molar-refractivity contribution in [2.24, 2.45) is 0 Å². The molecule has 1 fully saturated rings. The lowest BCUT2D eigenvalue weighted by molar-refractivity contribution is -0.141. The number of hydrogen-bond donors (Lipinski definition) is 3. The normalized spacial score (nSPS) is 19.5. The minimum atomic E-state index is -0.579. The quantitative estimate of drug-likeness (QED) is 0.553. The molecule has 2 aliphatic heterocycles. The number of hydrazine groups is 1. The Bertz CT molecular complexity index is 1140. The molecule has 3 atom stereocenters. The number of amides is 2. The monoisotopic (exact) mass is 479 g/mol. The van der Waals surface area contributed by atoms with Crippen molar-refractivity contribution in [3.63, 3.8) is 0 Å². The Hall–Kier alpha value is -3.66. The number of aliphatic hydroxyl groups excluding tert-OH is 1. The van der Waals surface area contributed by atoms with Crippen LogP contribution in [0.1, 0.15) is 55.6 Å². The minimum absolute atomic E-state index is 0.167. The molecular weight excluding hydrogens is 446 g/mol. The van der Waals surface area contributed by atoms with Gasteiger partial charge in [0, 0.05) is 26.0 Å². The number of rotatable bonds is 7. The first kappa shape index (κ1) is 24.5. The fraction of sp³-hybridized carbons (Fsp3) is 0.440. The summed E-state index contributed by atoms with van der Waals surface area (Å²) in [5.41, 5.74) is 7.96. The second kappa shape index (κ2) is 10.3. The first-order valence-electron chi connectivity index (χ1n) is 11.9. The molecule has 1 aromatic carbocycles. The van der Waals surface area contributed by atoms with Gasteiger partial charge in [-0.3, -0.25) is 20.0 Å². The molecule has 0 radical (unpaired) electrons. The highest BCUT2D eigenvalue weighted by Gasteiger charge is 2.37. The standard InChI is InChI=1S/C25H33N7O3/c1-16-11-13-30(4)28-23(16)20-9-7-19(8-10-20)21(15-33)26-24(34)22-6-5-12-31(22)25(35)18(3)32-14-17(2)27-29-32/h7-11,13-14,18,21-22,28,33H,5-6,12,15H2,1-4H3,(H,26,34)/t18-,21-,22-/m0/s1. The number of benzene rings is 1. The zero-order valence-corrected chi connectivity index (χ0v) is 20.6. The lowest BCUT2D eigenvalue weighted by atomic mass is 10.0. The molecule has 186 valence electrons. The molecule has 10 nitrogen and oxygen atoms in total. The summed E-state index contributed by atoms with van der Waals surface area (Å²) in [5, 5.41) is 22.8. The van der Waals surface area contributed by atoms with Gasteiger partial charge < -0.3 is 15.3 Å². The third-order valence-electron chi connectivity index (χ3n) is 6.55. The van der Waals surface area contributed by atoms with Crippen molar-refractivity contribution in [2.45, 2.75) is 51.7 Å². The minimum Gasteiger partial charge on any atom is -0.394 e. The second-order valence-corrected chi connectivity index (χ2v) is 9.17. The van der Waals surface area contributed by atoms with Gasteiger partial charge in [-0.25, -0.2) is 4.68 Å². The summed E-state index contributed by atoms with van der Waals surface area (Å²) >= 11 is 0. The molecule has 1 saturated heterocycles. The van der Waals surface area contributed by atoms with Gasteiger partial charge in [-0.1, -0.05) is 29.5 Å². The van der Waals surface area contributed by atoms with Crippen molar-refractivity contribution >= 4 is 17.5 Å². The Morgan fingerprint density at radius 2 is 2.00 bits per heavy atom.